The van der Waals surface area contributed by atoms with Gasteiger partial charge < -0.3 is 10.5 Å². The van der Waals surface area contributed by atoms with Crippen molar-refractivity contribution in [1.29, 1.82) is 5.41 Å². The Kier molecular flexibility index (Phi) is 6.37. The molecule has 2 aromatic rings. The fourth-order valence-electron chi connectivity index (χ4n) is 3.36. The van der Waals surface area contributed by atoms with Crippen LogP contribution in [0, 0.1) is 11.3 Å². The van der Waals surface area contributed by atoms with Gasteiger partial charge in [-0.15, -0.1) is 0 Å². The quantitative estimate of drug-likeness (QED) is 0.467. The van der Waals surface area contributed by atoms with Crippen LogP contribution in [0.2, 0.25) is 0 Å². The lowest BCUT2D eigenvalue weighted by atomic mass is 9.85. The van der Waals surface area contributed by atoms with E-state index in [2.05, 4.69) is 11.1 Å². The zero-order valence-corrected chi connectivity index (χ0v) is 16.0. The normalized spacial score (nSPS) is 17.0. The molecule has 0 radical (unpaired) electrons. The highest BCUT2D eigenvalue weighted by molar-refractivity contribution is 6.09. The summed E-state index contributed by atoms with van der Waals surface area (Å²) in [7, 11) is 1.43. The highest BCUT2D eigenvalue weighted by atomic mass is 16.5. The lowest BCUT2D eigenvalue weighted by Gasteiger charge is -2.21. The van der Waals surface area contributed by atoms with Crippen molar-refractivity contribution < 1.29 is 9.53 Å². The SMILES string of the molecule is COC(=O)CC1CC=C(c2ccc(C(N)=NC(=N)c3ccccc3)cc2)CC1. The first-order chi connectivity index (χ1) is 13.6. The number of carbonyl (C=O) groups is 1. The number of aliphatic imine (C=N–C) groups is 1. The van der Waals surface area contributed by atoms with E-state index in [0.29, 0.717) is 18.2 Å². The Balaban J connectivity index is 1.66. The molecule has 0 fully saturated rings. The number of carbonyl (C=O) groups excluding carboxylic acids is 1. The van der Waals surface area contributed by atoms with Gasteiger partial charge in [-0.2, -0.15) is 0 Å². The number of nitrogens with zero attached hydrogens (tertiary/aromatic N) is 1. The van der Waals surface area contributed by atoms with E-state index in [9.17, 15) is 4.79 Å². The Bertz CT molecular complexity index is 899. The molecule has 3 N–H and O–H groups in total. The minimum Gasteiger partial charge on any atom is -0.469 e. The molecular weight excluding hydrogens is 350 g/mol. The molecule has 3 rings (SSSR count). The smallest absolute Gasteiger partial charge is 0.305 e. The van der Waals surface area contributed by atoms with Gasteiger partial charge in [-0.3, -0.25) is 10.2 Å². The molecule has 5 heteroatoms. The average Bonchev–Trinajstić information content (AvgIpc) is 2.75. The molecular formula is C23H25N3O2. The average molecular weight is 375 g/mol. The molecule has 1 aliphatic carbocycles. The maximum Gasteiger partial charge on any atom is 0.305 e. The molecule has 144 valence electrons. The van der Waals surface area contributed by atoms with E-state index in [1.165, 1.54) is 12.7 Å². The van der Waals surface area contributed by atoms with Gasteiger partial charge in [0.25, 0.3) is 0 Å². The number of amidine groups is 2. The Morgan fingerprint density at radius 1 is 1.14 bits per heavy atom. The highest BCUT2D eigenvalue weighted by Crippen LogP contribution is 2.32. The number of hydrogen-bond donors (Lipinski definition) is 2. The molecule has 2 aromatic carbocycles. The summed E-state index contributed by atoms with van der Waals surface area (Å²) >= 11 is 0. The van der Waals surface area contributed by atoms with Crippen LogP contribution in [0.1, 0.15) is 42.4 Å². The number of hydrogen-bond acceptors (Lipinski definition) is 3. The fourth-order valence-corrected chi connectivity index (χ4v) is 3.36. The Hall–Kier alpha value is -3.21. The molecule has 0 spiro atoms. The van der Waals surface area contributed by atoms with Crippen molar-refractivity contribution in [2.24, 2.45) is 16.6 Å². The van der Waals surface area contributed by atoms with E-state index in [4.69, 9.17) is 15.9 Å². The lowest BCUT2D eigenvalue weighted by Crippen LogP contribution is -2.16. The molecule has 1 aliphatic rings. The fraction of sp³-hybridized carbons (Fsp3) is 0.261. The van der Waals surface area contributed by atoms with Crippen LogP contribution in [0.15, 0.2) is 65.7 Å². The van der Waals surface area contributed by atoms with Crippen molar-refractivity contribution in [3.63, 3.8) is 0 Å². The van der Waals surface area contributed by atoms with Crippen molar-refractivity contribution in [2.45, 2.75) is 25.7 Å². The van der Waals surface area contributed by atoms with Gasteiger partial charge in [0.15, 0.2) is 5.84 Å². The molecule has 1 unspecified atom stereocenters. The zero-order chi connectivity index (χ0) is 19.9. The number of allylic oxidation sites excluding steroid dienone is 2. The number of benzene rings is 2. The summed E-state index contributed by atoms with van der Waals surface area (Å²) in [4.78, 5) is 15.6. The van der Waals surface area contributed by atoms with Crippen LogP contribution in [0.5, 0.6) is 0 Å². The van der Waals surface area contributed by atoms with E-state index in [1.807, 2.05) is 54.6 Å². The molecule has 0 heterocycles. The molecule has 5 nitrogen and oxygen atoms in total. The van der Waals surface area contributed by atoms with Crippen LogP contribution in [0.25, 0.3) is 5.57 Å². The summed E-state index contributed by atoms with van der Waals surface area (Å²) in [5.41, 5.74) is 10.1. The van der Waals surface area contributed by atoms with Gasteiger partial charge >= 0.3 is 5.97 Å². The predicted molar refractivity (Wildman–Crippen MR) is 112 cm³/mol. The highest BCUT2D eigenvalue weighted by Gasteiger charge is 2.18. The van der Waals surface area contributed by atoms with E-state index in [-0.39, 0.29) is 11.8 Å². The maximum absolute atomic E-state index is 11.4. The van der Waals surface area contributed by atoms with Crippen molar-refractivity contribution >= 4 is 23.2 Å². The Morgan fingerprint density at radius 3 is 2.46 bits per heavy atom. The molecule has 0 saturated heterocycles. The predicted octanol–water partition coefficient (Wildman–Crippen LogP) is 4.16. The molecule has 0 aromatic heterocycles. The van der Waals surface area contributed by atoms with E-state index in [1.54, 1.807) is 0 Å². The van der Waals surface area contributed by atoms with Crippen molar-refractivity contribution in [3.05, 3.63) is 77.4 Å². The molecule has 0 aliphatic heterocycles. The number of methoxy groups -OCH3 is 1. The second-order valence-corrected chi connectivity index (χ2v) is 6.94. The molecule has 1 atom stereocenters. The van der Waals surface area contributed by atoms with Gasteiger partial charge in [-0.1, -0.05) is 60.7 Å². The van der Waals surface area contributed by atoms with Gasteiger partial charge in [-0.05, 0) is 36.3 Å². The van der Waals surface area contributed by atoms with Crippen LogP contribution < -0.4 is 5.73 Å². The Labute approximate surface area is 165 Å². The summed E-state index contributed by atoms with van der Waals surface area (Å²) in [5, 5.41) is 8.08. The number of ether oxygens (including phenoxy) is 1. The van der Waals surface area contributed by atoms with E-state index >= 15 is 0 Å². The molecule has 0 amide bonds. The summed E-state index contributed by atoms with van der Waals surface area (Å²) in [6.07, 6.45) is 5.53. The minimum atomic E-state index is -0.137. The standard InChI is InChI=1S/C23H25N3O2/c1-28-21(27)15-16-7-9-17(10-8-16)18-11-13-20(14-12-18)23(25)26-22(24)19-5-3-2-4-6-19/h2-6,9,11-14,16H,7-8,10,15H2,1H3,(H3,24,25,26). The van der Waals surface area contributed by atoms with Gasteiger partial charge in [0, 0.05) is 17.5 Å². The third kappa shape index (κ3) is 4.94. The maximum atomic E-state index is 11.4. The van der Waals surface area contributed by atoms with Gasteiger partial charge in [0.1, 0.15) is 5.84 Å². The van der Waals surface area contributed by atoms with Gasteiger partial charge in [-0.25, -0.2) is 4.99 Å². The number of rotatable bonds is 5. The molecule has 0 saturated carbocycles. The van der Waals surface area contributed by atoms with Crippen LogP contribution in [0.4, 0.5) is 0 Å². The van der Waals surface area contributed by atoms with Crippen LogP contribution in [-0.2, 0) is 9.53 Å². The number of nitrogens with two attached hydrogens (primary N) is 1. The third-order valence-corrected chi connectivity index (χ3v) is 5.03. The lowest BCUT2D eigenvalue weighted by molar-refractivity contribution is -0.141. The summed E-state index contributed by atoms with van der Waals surface area (Å²) < 4.78 is 4.76. The monoisotopic (exact) mass is 375 g/mol. The number of nitrogens with one attached hydrogen (secondary N) is 1. The first kappa shape index (κ1) is 19.5. The first-order valence-corrected chi connectivity index (χ1v) is 9.41. The van der Waals surface area contributed by atoms with Crippen LogP contribution >= 0.6 is 0 Å². The molecule has 0 bridgehead atoms. The van der Waals surface area contributed by atoms with Gasteiger partial charge in [0.05, 0.1) is 7.11 Å². The largest absolute Gasteiger partial charge is 0.469 e. The first-order valence-electron chi connectivity index (χ1n) is 9.41. The van der Waals surface area contributed by atoms with Crippen LogP contribution in [-0.4, -0.2) is 24.8 Å². The van der Waals surface area contributed by atoms with Crippen molar-refractivity contribution in [2.75, 3.05) is 7.11 Å². The van der Waals surface area contributed by atoms with Crippen molar-refractivity contribution in [1.82, 2.24) is 0 Å². The van der Waals surface area contributed by atoms with E-state index < -0.39 is 0 Å². The summed E-state index contributed by atoms with van der Waals surface area (Å²) in [6, 6.07) is 17.3. The summed E-state index contributed by atoms with van der Waals surface area (Å²) in [6.45, 7) is 0. The molecule has 28 heavy (non-hydrogen) atoms. The zero-order valence-electron chi connectivity index (χ0n) is 16.0. The summed E-state index contributed by atoms with van der Waals surface area (Å²) in [5.74, 6) is 0.703. The van der Waals surface area contributed by atoms with Gasteiger partial charge in [0.2, 0.25) is 0 Å². The number of esters is 1. The van der Waals surface area contributed by atoms with E-state index in [0.717, 1.165) is 36.0 Å². The Morgan fingerprint density at radius 2 is 1.86 bits per heavy atom. The topological polar surface area (TPSA) is 88.5 Å². The van der Waals surface area contributed by atoms with Crippen LogP contribution in [0.3, 0.4) is 0 Å². The van der Waals surface area contributed by atoms with Crippen molar-refractivity contribution in [3.8, 4) is 0 Å². The second-order valence-electron chi connectivity index (χ2n) is 6.94. The minimum absolute atomic E-state index is 0.137. The second kappa shape index (κ2) is 9.13. The third-order valence-electron chi connectivity index (χ3n) is 5.03.